The second-order valence-electron chi connectivity index (χ2n) is 6.46. The molecular formula is C19H23FN6O. The van der Waals surface area contributed by atoms with Crippen LogP contribution in [-0.2, 0) is 17.8 Å². The van der Waals surface area contributed by atoms with Crippen molar-refractivity contribution >= 4 is 17.4 Å². The number of benzene rings is 1. The number of hydrogen-bond donors (Lipinski definition) is 2. The summed E-state index contributed by atoms with van der Waals surface area (Å²) in [7, 11) is 0. The van der Waals surface area contributed by atoms with Gasteiger partial charge < -0.3 is 10.6 Å². The summed E-state index contributed by atoms with van der Waals surface area (Å²) < 4.78 is 14.6. The van der Waals surface area contributed by atoms with Gasteiger partial charge in [-0.2, -0.15) is 4.52 Å². The molecule has 0 spiro atoms. The van der Waals surface area contributed by atoms with E-state index in [1.807, 2.05) is 26.0 Å². The van der Waals surface area contributed by atoms with E-state index in [0.29, 0.717) is 36.7 Å². The van der Waals surface area contributed by atoms with Crippen LogP contribution in [0.3, 0.4) is 0 Å². The molecular weight excluding hydrogens is 347 g/mol. The summed E-state index contributed by atoms with van der Waals surface area (Å²) >= 11 is 0. The zero-order valence-corrected chi connectivity index (χ0v) is 15.4. The van der Waals surface area contributed by atoms with Crippen molar-refractivity contribution in [1.29, 1.82) is 0 Å². The number of halogens is 1. The molecule has 0 aliphatic carbocycles. The van der Waals surface area contributed by atoms with E-state index < -0.39 is 0 Å². The van der Waals surface area contributed by atoms with E-state index in [9.17, 15) is 9.18 Å². The number of aromatic nitrogens is 4. The Balaban J connectivity index is 1.64. The number of aryl methyl sites for hydroxylation is 1. The Morgan fingerprint density at radius 2 is 1.96 bits per heavy atom. The van der Waals surface area contributed by atoms with Gasteiger partial charge in [-0.1, -0.05) is 19.1 Å². The van der Waals surface area contributed by atoms with Crippen LogP contribution in [0.5, 0.6) is 0 Å². The molecule has 0 saturated carbocycles. The summed E-state index contributed by atoms with van der Waals surface area (Å²) in [5.41, 5.74) is 1.57. The van der Waals surface area contributed by atoms with E-state index in [1.54, 1.807) is 16.6 Å². The average molecular weight is 370 g/mol. The highest BCUT2D eigenvalue weighted by Gasteiger charge is 2.11. The van der Waals surface area contributed by atoms with Gasteiger partial charge in [0.2, 0.25) is 5.91 Å². The van der Waals surface area contributed by atoms with Crippen LogP contribution in [0.15, 0.2) is 36.4 Å². The van der Waals surface area contributed by atoms with E-state index in [1.165, 1.54) is 12.1 Å². The minimum absolute atomic E-state index is 0.00769. The molecule has 8 heteroatoms. The molecule has 0 aliphatic rings. The van der Waals surface area contributed by atoms with Gasteiger partial charge in [0.15, 0.2) is 11.5 Å². The molecule has 2 heterocycles. The zero-order valence-electron chi connectivity index (χ0n) is 15.4. The van der Waals surface area contributed by atoms with Crippen molar-refractivity contribution in [1.82, 2.24) is 25.1 Å². The molecule has 2 N–H and O–H groups in total. The average Bonchev–Trinajstić information content (AvgIpc) is 3.08. The first kappa shape index (κ1) is 18.8. The smallest absolute Gasteiger partial charge is 0.220 e. The van der Waals surface area contributed by atoms with Crippen LogP contribution >= 0.6 is 0 Å². The second-order valence-corrected chi connectivity index (χ2v) is 6.46. The molecule has 3 aromatic rings. The Bertz CT molecular complexity index is 908. The van der Waals surface area contributed by atoms with E-state index in [4.69, 9.17) is 0 Å². The standard InChI is InChI=1S/C19H23FN6O/c1-3-13(2)22-19(27)11-10-18-24-23-17-9-8-16(25-26(17)18)21-12-14-4-6-15(20)7-5-14/h4-9,13H,3,10-12H2,1-2H3,(H,21,25)(H,22,27). The Morgan fingerprint density at radius 1 is 1.19 bits per heavy atom. The van der Waals surface area contributed by atoms with Crippen LogP contribution < -0.4 is 10.6 Å². The minimum Gasteiger partial charge on any atom is -0.365 e. The van der Waals surface area contributed by atoms with Crippen molar-refractivity contribution in [2.45, 2.75) is 45.7 Å². The summed E-state index contributed by atoms with van der Waals surface area (Å²) in [6, 6.07) is 10.1. The Labute approximate surface area is 157 Å². The van der Waals surface area contributed by atoms with Gasteiger partial charge in [-0.25, -0.2) is 4.39 Å². The number of nitrogens with zero attached hydrogens (tertiary/aromatic N) is 4. The third-order valence-corrected chi connectivity index (χ3v) is 4.31. The maximum atomic E-state index is 13.0. The summed E-state index contributed by atoms with van der Waals surface area (Å²) in [6.45, 7) is 4.53. The molecule has 0 saturated heterocycles. The number of hydrogen-bond acceptors (Lipinski definition) is 5. The summed E-state index contributed by atoms with van der Waals surface area (Å²) in [4.78, 5) is 12.0. The summed E-state index contributed by atoms with van der Waals surface area (Å²) in [5.74, 6) is 1.02. The van der Waals surface area contributed by atoms with E-state index in [0.717, 1.165) is 12.0 Å². The summed E-state index contributed by atoms with van der Waals surface area (Å²) in [5, 5.41) is 18.9. The summed E-state index contributed by atoms with van der Waals surface area (Å²) in [6.07, 6.45) is 1.68. The molecule has 0 radical (unpaired) electrons. The normalized spacial score (nSPS) is 12.1. The lowest BCUT2D eigenvalue weighted by atomic mass is 10.2. The van der Waals surface area contributed by atoms with Gasteiger partial charge in [-0.15, -0.1) is 15.3 Å². The lowest BCUT2D eigenvalue weighted by Crippen LogP contribution is -2.32. The lowest BCUT2D eigenvalue weighted by molar-refractivity contribution is -0.121. The molecule has 1 amide bonds. The monoisotopic (exact) mass is 370 g/mol. The molecule has 142 valence electrons. The van der Waals surface area contributed by atoms with Gasteiger partial charge >= 0.3 is 0 Å². The molecule has 0 bridgehead atoms. The highest BCUT2D eigenvalue weighted by molar-refractivity contribution is 5.76. The predicted octanol–water partition coefficient (Wildman–Crippen LogP) is 2.72. The van der Waals surface area contributed by atoms with Gasteiger partial charge in [0.05, 0.1) is 0 Å². The number of carbonyl (C=O) groups is 1. The van der Waals surface area contributed by atoms with Crippen LogP contribution in [0.1, 0.15) is 38.1 Å². The van der Waals surface area contributed by atoms with Crippen LogP contribution in [0.2, 0.25) is 0 Å². The van der Waals surface area contributed by atoms with Crippen molar-refractivity contribution in [2.24, 2.45) is 0 Å². The number of amides is 1. The Kier molecular flexibility index (Phi) is 5.95. The predicted molar refractivity (Wildman–Crippen MR) is 101 cm³/mol. The molecule has 3 rings (SSSR count). The second kappa shape index (κ2) is 8.57. The van der Waals surface area contributed by atoms with Gasteiger partial charge in [-0.05, 0) is 43.2 Å². The van der Waals surface area contributed by atoms with Gasteiger partial charge in [0.1, 0.15) is 11.6 Å². The Hall–Kier alpha value is -3.03. The van der Waals surface area contributed by atoms with Crippen LogP contribution in [0.25, 0.3) is 5.65 Å². The maximum absolute atomic E-state index is 13.0. The molecule has 2 aromatic heterocycles. The molecule has 7 nitrogen and oxygen atoms in total. The first-order chi connectivity index (χ1) is 13.0. The number of nitrogens with one attached hydrogen (secondary N) is 2. The SMILES string of the molecule is CCC(C)NC(=O)CCc1nnc2ccc(NCc3ccc(F)cc3)nn12. The first-order valence-corrected chi connectivity index (χ1v) is 9.04. The van der Waals surface area contributed by atoms with Crippen LogP contribution in [0.4, 0.5) is 10.2 Å². The molecule has 1 aromatic carbocycles. The molecule has 0 fully saturated rings. The van der Waals surface area contributed by atoms with Crippen molar-refractivity contribution in [3.05, 3.63) is 53.6 Å². The van der Waals surface area contributed by atoms with E-state index in [2.05, 4.69) is 25.9 Å². The molecule has 1 atom stereocenters. The highest BCUT2D eigenvalue weighted by atomic mass is 19.1. The van der Waals surface area contributed by atoms with E-state index in [-0.39, 0.29) is 17.8 Å². The van der Waals surface area contributed by atoms with Crippen molar-refractivity contribution in [2.75, 3.05) is 5.32 Å². The first-order valence-electron chi connectivity index (χ1n) is 9.04. The maximum Gasteiger partial charge on any atom is 0.220 e. The van der Waals surface area contributed by atoms with Crippen LogP contribution in [-0.4, -0.2) is 31.8 Å². The third-order valence-electron chi connectivity index (χ3n) is 4.31. The van der Waals surface area contributed by atoms with Gasteiger partial charge in [0, 0.05) is 25.4 Å². The number of fused-ring (bicyclic) bond motifs is 1. The van der Waals surface area contributed by atoms with Crippen molar-refractivity contribution < 1.29 is 9.18 Å². The van der Waals surface area contributed by atoms with Crippen LogP contribution in [0, 0.1) is 5.82 Å². The lowest BCUT2D eigenvalue weighted by Gasteiger charge is -2.10. The van der Waals surface area contributed by atoms with Gasteiger partial charge in [0.25, 0.3) is 0 Å². The fourth-order valence-electron chi connectivity index (χ4n) is 2.55. The van der Waals surface area contributed by atoms with Gasteiger partial charge in [-0.3, -0.25) is 4.79 Å². The minimum atomic E-state index is -0.259. The van der Waals surface area contributed by atoms with Crippen molar-refractivity contribution in [3.63, 3.8) is 0 Å². The number of carbonyl (C=O) groups excluding carboxylic acids is 1. The third kappa shape index (κ3) is 4.99. The zero-order chi connectivity index (χ0) is 19.2. The molecule has 0 aliphatic heterocycles. The molecule has 1 unspecified atom stereocenters. The fraction of sp³-hybridized carbons (Fsp3) is 0.368. The quantitative estimate of drug-likeness (QED) is 0.637. The Morgan fingerprint density at radius 3 is 2.70 bits per heavy atom. The molecule has 27 heavy (non-hydrogen) atoms. The number of rotatable bonds is 8. The van der Waals surface area contributed by atoms with E-state index >= 15 is 0 Å². The topological polar surface area (TPSA) is 84.2 Å². The largest absolute Gasteiger partial charge is 0.365 e. The highest BCUT2D eigenvalue weighted by Crippen LogP contribution is 2.11. The fourth-order valence-corrected chi connectivity index (χ4v) is 2.55. The number of anilines is 1. The van der Waals surface area contributed by atoms with Crippen molar-refractivity contribution in [3.8, 4) is 0 Å².